The van der Waals surface area contributed by atoms with Crippen LogP contribution in [0.25, 0.3) is 0 Å². The van der Waals surface area contributed by atoms with Gasteiger partial charge in [-0.3, -0.25) is 19.4 Å². The third kappa shape index (κ3) is 3.13. The summed E-state index contributed by atoms with van der Waals surface area (Å²) >= 11 is 0. The Kier molecular flexibility index (Phi) is 5.10. The number of rotatable bonds is 4. The van der Waals surface area contributed by atoms with Gasteiger partial charge in [-0.15, -0.1) is 0 Å². The van der Waals surface area contributed by atoms with E-state index in [0.29, 0.717) is 11.3 Å². The quantitative estimate of drug-likeness (QED) is 0.250. The van der Waals surface area contributed by atoms with Gasteiger partial charge in [0.1, 0.15) is 0 Å². The molecule has 7 heteroatoms. The molecule has 2 heterocycles. The molecule has 1 N–H and O–H groups in total. The van der Waals surface area contributed by atoms with Crippen LogP contribution in [0.3, 0.4) is 0 Å². The van der Waals surface area contributed by atoms with E-state index in [0.717, 1.165) is 27.8 Å². The van der Waals surface area contributed by atoms with Crippen molar-refractivity contribution in [3.8, 4) is 0 Å². The Labute approximate surface area is 225 Å². The fourth-order valence-corrected chi connectivity index (χ4v) is 6.86. The molecule has 39 heavy (non-hydrogen) atoms. The van der Waals surface area contributed by atoms with Gasteiger partial charge in [-0.1, -0.05) is 66.7 Å². The second-order valence-corrected chi connectivity index (χ2v) is 10.3. The molecule has 8 rings (SSSR count). The molecular weight excluding hydrogens is 488 g/mol. The summed E-state index contributed by atoms with van der Waals surface area (Å²) in [5.41, 5.74) is 7.37. The van der Waals surface area contributed by atoms with Crippen LogP contribution in [0, 0.1) is 18.8 Å². The van der Waals surface area contributed by atoms with Crippen LogP contribution >= 0.6 is 0 Å². The number of carbonyl (C=O) groups excluding carboxylic acids is 3. The minimum atomic E-state index is -1.04. The monoisotopic (exact) mass is 512 g/mol. The van der Waals surface area contributed by atoms with E-state index in [-0.39, 0.29) is 23.6 Å². The number of carbonyl (C=O) groups is 3. The van der Waals surface area contributed by atoms with Crippen molar-refractivity contribution in [2.24, 2.45) is 16.9 Å². The molecule has 2 atom stereocenters. The number of imide groups is 1. The molecule has 1 aromatic heterocycles. The van der Waals surface area contributed by atoms with Crippen LogP contribution in [0.2, 0.25) is 0 Å². The highest BCUT2D eigenvalue weighted by atomic mass is 16.2. The van der Waals surface area contributed by atoms with Crippen molar-refractivity contribution >= 4 is 29.6 Å². The summed E-state index contributed by atoms with van der Waals surface area (Å²) in [5.74, 6) is -2.39. The Morgan fingerprint density at radius 3 is 2.15 bits per heavy atom. The van der Waals surface area contributed by atoms with Crippen molar-refractivity contribution in [3.05, 3.63) is 131 Å². The summed E-state index contributed by atoms with van der Waals surface area (Å²) < 4.78 is 0. The van der Waals surface area contributed by atoms with Crippen molar-refractivity contribution in [2.45, 2.75) is 18.3 Å². The number of nitrogens with one attached hydrogen (secondary N) is 1. The molecule has 3 aliphatic carbocycles. The van der Waals surface area contributed by atoms with Crippen LogP contribution in [0.4, 0.5) is 5.69 Å². The predicted octanol–water partition coefficient (Wildman–Crippen LogP) is 4.36. The molecule has 0 spiro atoms. The minimum absolute atomic E-state index is 0.202. The number of benzene rings is 3. The zero-order chi connectivity index (χ0) is 26.7. The van der Waals surface area contributed by atoms with Gasteiger partial charge < -0.3 is 0 Å². The maximum absolute atomic E-state index is 14.4. The summed E-state index contributed by atoms with van der Waals surface area (Å²) in [6.07, 6.45) is 4.75. The van der Waals surface area contributed by atoms with Crippen molar-refractivity contribution in [3.63, 3.8) is 0 Å². The second-order valence-electron chi connectivity index (χ2n) is 10.3. The maximum atomic E-state index is 14.4. The van der Waals surface area contributed by atoms with E-state index in [4.69, 9.17) is 0 Å². The number of anilines is 1. The molecule has 1 fully saturated rings. The Morgan fingerprint density at radius 2 is 1.49 bits per heavy atom. The van der Waals surface area contributed by atoms with Gasteiger partial charge in [0.05, 0.1) is 22.9 Å². The van der Waals surface area contributed by atoms with Gasteiger partial charge in [-0.25, -0.2) is 10.3 Å². The first kappa shape index (κ1) is 23.2. The third-order valence-corrected chi connectivity index (χ3v) is 8.42. The largest absolute Gasteiger partial charge is 0.274 e. The van der Waals surface area contributed by atoms with Gasteiger partial charge in [0, 0.05) is 30.1 Å². The lowest BCUT2D eigenvalue weighted by Crippen LogP contribution is -2.54. The molecule has 0 saturated carbocycles. The highest BCUT2D eigenvalue weighted by Gasteiger charge is 2.68. The van der Waals surface area contributed by atoms with Gasteiger partial charge in [-0.05, 0) is 52.9 Å². The van der Waals surface area contributed by atoms with E-state index in [9.17, 15) is 14.4 Å². The van der Waals surface area contributed by atoms with Crippen LogP contribution in [0.1, 0.15) is 44.1 Å². The number of nitrogens with zero attached hydrogens (tertiary/aromatic N) is 3. The Morgan fingerprint density at radius 1 is 0.872 bits per heavy atom. The second kappa shape index (κ2) is 8.56. The zero-order valence-electron chi connectivity index (χ0n) is 21.1. The van der Waals surface area contributed by atoms with E-state index in [1.54, 1.807) is 30.7 Å². The van der Waals surface area contributed by atoms with E-state index >= 15 is 0 Å². The molecule has 2 unspecified atom stereocenters. The molecule has 7 nitrogen and oxygen atoms in total. The first-order valence-electron chi connectivity index (χ1n) is 12.9. The average molecular weight is 513 g/mol. The van der Waals surface area contributed by atoms with E-state index in [1.165, 1.54) is 4.90 Å². The Hall–Kier alpha value is -4.91. The lowest BCUT2D eigenvalue weighted by atomic mass is 9.47. The third-order valence-electron chi connectivity index (χ3n) is 8.42. The van der Waals surface area contributed by atoms with Gasteiger partial charge in [0.25, 0.3) is 5.91 Å². The number of hydrazone groups is 1. The lowest BCUT2D eigenvalue weighted by Gasteiger charge is -2.52. The fraction of sp³-hybridized carbons (Fsp3) is 0.156. The Bertz CT molecular complexity index is 1650. The van der Waals surface area contributed by atoms with Crippen molar-refractivity contribution in [2.75, 3.05) is 4.90 Å². The van der Waals surface area contributed by atoms with E-state index in [2.05, 4.69) is 15.5 Å². The zero-order valence-corrected chi connectivity index (χ0v) is 21.1. The summed E-state index contributed by atoms with van der Waals surface area (Å²) in [5, 5.41) is 4.44. The van der Waals surface area contributed by atoms with Crippen LogP contribution in [-0.4, -0.2) is 28.9 Å². The molecular formula is C32H24N4O3. The normalized spacial score (nSPS) is 24.4. The topological polar surface area (TPSA) is 91.7 Å². The number of para-hydroxylation sites is 1. The van der Waals surface area contributed by atoms with Gasteiger partial charge in [0.15, 0.2) is 0 Å². The molecule has 190 valence electrons. The van der Waals surface area contributed by atoms with Gasteiger partial charge in [-0.2, -0.15) is 5.10 Å². The van der Waals surface area contributed by atoms with Gasteiger partial charge in [0.2, 0.25) is 11.8 Å². The highest BCUT2D eigenvalue weighted by Crippen LogP contribution is 2.63. The number of hydrogen-bond acceptors (Lipinski definition) is 5. The number of aromatic nitrogens is 1. The van der Waals surface area contributed by atoms with Crippen LogP contribution in [0.5, 0.6) is 0 Å². The average Bonchev–Trinajstić information content (AvgIpc) is 3.24. The molecule has 4 aliphatic rings. The highest BCUT2D eigenvalue weighted by molar-refractivity contribution is 6.25. The first-order valence-corrected chi connectivity index (χ1v) is 12.9. The Balaban J connectivity index is 1.43. The van der Waals surface area contributed by atoms with Gasteiger partial charge >= 0.3 is 0 Å². The molecule has 4 aromatic rings. The number of hydrogen-bond donors (Lipinski definition) is 1. The molecule has 2 bridgehead atoms. The fourth-order valence-electron chi connectivity index (χ4n) is 6.86. The summed E-state index contributed by atoms with van der Waals surface area (Å²) in [6, 6.07) is 26.6. The predicted molar refractivity (Wildman–Crippen MR) is 146 cm³/mol. The summed E-state index contributed by atoms with van der Waals surface area (Å²) in [4.78, 5) is 46.7. The maximum Gasteiger partial charge on any atom is 0.271 e. The van der Waals surface area contributed by atoms with E-state index in [1.807, 2.05) is 79.7 Å². The lowest BCUT2D eigenvalue weighted by molar-refractivity contribution is -0.122. The molecule has 1 aliphatic heterocycles. The standard InChI is InChI=1S/C32H24N4O3/c1-19-8-2-7-13-25(19)36-30(38)27-26-21-9-3-5-11-23(21)32(28(27)31(36)39,24-12-6-4-10-22(24)26)18-34-35-29(37)20-14-16-33-17-15-20/h2-18,26-28H,1H3,(H,35,37). The van der Waals surface area contributed by atoms with Crippen molar-refractivity contribution in [1.82, 2.24) is 10.4 Å². The van der Waals surface area contributed by atoms with Crippen molar-refractivity contribution < 1.29 is 14.4 Å². The minimum Gasteiger partial charge on any atom is -0.274 e. The smallest absolute Gasteiger partial charge is 0.271 e. The number of pyridine rings is 1. The SMILES string of the molecule is Cc1ccccc1N1C(=O)C2C3c4ccccc4C(C=NNC(=O)c4ccncc4)(c4ccccc43)C2C1=O. The number of aryl methyl sites for hydroxylation is 1. The van der Waals surface area contributed by atoms with Crippen LogP contribution < -0.4 is 10.3 Å². The molecule has 0 radical (unpaired) electrons. The van der Waals surface area contributed by atoms with Crippen LogP contribution in [-0.2, 0) is 15.0 Å². The van der Waals surface area contributed by atoms with E-state index < -0.39 is 17.3 Å². The summed E-state index contributed by atoms with van der Waals surface area (Å²) in [7, 11) is 0. The molecule has 1 saturated heterocycles. The summed E-state index contributed by atoms with van der Waals surface area (Å²) in [6.45, 7) is 1.90. The molecule has 3 aromatic carbocycles. The van der Waals surface area contributed by atoms with Crippen LogP contribution in [0.15, 0.2) is 102 Å². The molecule has 3 amide bonds. The first-order chi connectivity index (χ1) is 19.0. The van der Waals surface area contributed by atoms with Crippen molar-refractivity contribution in [1.29, 1.82) is 0 Å². The number of amides is 3.